The highest BCUT2D eigenvalue weighted by molar-refractivity contribution is 6.31. The van der Waals surface area contributed by atoms with Crippen LogP contribution in [0.4, 0.5) is 5.82 Å². The number of halogens is 1. The van der Waals surface area contributed by atoms with Gasteiger partial charge >= 0.3 is 0 Å². The molecule has 0 radical (unpaired) electrons. The van der Waals surface area contributed by atoms with E-state index in [2.05, 4.69) is 20.6 Å². The van der Waals surface area contributed by atoms with Gasteiger partial charge in [0.2, 0.25) is 5.91 Å². The molecular weight excluding hydrogens is 430 g/mol. The third-order valence-corrected chi connectivity index (χ3v) is 4.97. The Hall–Kier alpha value is -3.49. The fraction of sp³-hybridized carbons (Fsp3) is 0.217. The average Bonchev–Trinajstić information content (AvgIpc) is 2.80. The van der Waals surface area contributed by atoms with Crippen molar-refractivity contribution < 1.29 is 14.3 Å². The Balaban J connectivity index is 1.34. The highest BCUT2D eigenvalue weighted by Crippen LogP contribution is 2.15. The molecule has 0 aliphatic heterocycles. The zero-order valence-corrected chi connectivity index (χ0v) is 18.1. The van der Waals surface area contributed by atoms with Gasteiger partial charge in [0.15, 0.2) is 11.5 Å². The minimum atomic E-state index is -0.376. The molecule has 1 aromatic heterocycles. The molecule has 2 aromatic carbocycles. The lowest BCUT2D eigenvalue weighted by Gasteiger charge is -2.09. The van der Waals surface area contributed by atoms with Crippen molar-refractivity contribution in [3.05, 3.63) is 88.3 Å². The van der Waals surface area contributed by atoms with Crippen molar-refractivity contribution in [2.45, 2.75) is 19.6 Å². The lowest BCUT2D eigenvalue weighted by atomic mass is 10.1. The second-order valence-electron chi connectivity index (χ2n) is 6.97. The zero-order chi connectivity index (χ0) is 22.8. The van der Waals surface area contributed by atoms with Crippen LogP contribution in [0, 0.1) is 0 Å². The lowest BCUT2D eigenvalue weighted by Crippen LogP contribution is -2.29. The molecule has 166 valence electrons. The predicted octanol–water partition coefficient (Wildman–Crippen LogP) is 2.52. The summed E-state index contributed by atoms with van der Waals surface area (Å²) in [7, 11) is 0. The molecule has 8 nitrogen and oxygen atoms in total. The summed E-state index contributed by atoms with van der Waals surface area (Å²) >= 11 is 6.06. The maximum Gasteiger partial charge on any atom is 0.273 e. The molecule has 0 bridgehead atoms. The molecule has 0 spiro atoms. The van der Waals surface area contributed by atoms with Gasteiger partial charge in [0.1, 0.15) is 6.61 Å². The van der Waals surface area contributed by atoms with E-state index in [9.17, 15) is 9.59 Å². The predicted molar refractivity (Wildman–Crippen MR) is 122 cm³/mol. The number of nitrogens with one attached hydrogen (secondary N) is 2. The van der Waals surface area contributed by atoms with Crippen LogP contribution in [-0.2, 0) is 29.1 Å². The van der Waals surface area contributed by atoms with E-state index < -0.39 is 0 Å². The maximum absolute atomic E-state index is 12.1. The average molecular weight is 454 g/mol. The molecule has 3 aromatic rings. The first-order chi connectivity index (χ1) is 15.5. The fourth-order valence-electron chi connectivity index (χ4n) is 2.88. The molecule has 0 aliphatic rings. The highest BCUT2D eigenvalue weighted by atomic mass is 35.5. The van der Waals surface area contributed by atoms with Crippen molar-refractivity contribution in [1.29, 1.82) is 0 Å². The van der Waals surface area contributed by atoms with E-state index >= 15 is 0 Å². The third-order valence-electron chi connectivity index (χ3n) is 4.60. The smallest absolute Gasteiger partial charge is 0.273 e. The molecule has 3 rings (SSSR count). The second kappa shape index (κ2) is 11.8. The maximum atomic E-state index is 12.1. The third kappa shape index (κ3) is 7.04. The quantitative estimate of drug-likeness (QED) is 0.434. The van der Waals surface area contributed by atoms with Gasteiger partial charge in [-0.2, -0.15) is 0 Å². The van der Waals surface area contributed by atoms with Crippen molar-refractivity contribution >= 4 is 29.2 Å². The van der Waals surface area contributed by atoms with Crippen LogP contribution in [0.3, 0.4) is 0 Å². The molecule has 0 aliphatic carbocycles. The number of amides is 2. The van der Waals surface area contributed by atoms with E-state index in [0.29, 0.717) is 24.5 Å². The Morgan fingerprint density at radius 3 is 2.44 bits per heavy atom. The van der Waals surface area contributed by atoms with Gasteiger partial charge in [0, 0.05) is 30.5 Å². The number of nitrogen functional groups attached to an aromatic ring is 1. The van der Waals surface area contributed by atoms with E-state index in [-0.39, 0.29) is 36.5 Å². The first-order valence-corrected chi connectivity index (χ1v) is 10.4. The highest BCUT2D eigenvalue weighted by Gasteiger charge is 2.11. The van der Waals surface area contributed by atoms with Crippen LogP contribution < -0.4 is 16.4 Å². The van der Waals surface area contributed by atoms with Gasteiger partial charge in [0.05, 0.1) is 6.61 Å². The summed E-state index contributed by atoms with van der Waals surface area (Å²) in [5, 5.41) is 6.22. The first-order valence-electron chi connectivity index (χ1n) is 10.0. The Kier molecular flexibility index (Phi) is 8.53. The molecule has 9 heteroatoms. The molecule has 2 amide bonds. The normalized spacial score (nSPS) is 10.5. The number of benzene rings is 2. The minimum absolute atomic E-state index is 0.0276. The van der Waals surface area contributed by atoms with Gasteiger partial charge in [0.25, 0.3) is 5.91 Å². The number of carbonyl (C=O) groups is 2. The number of hydrogen-bond donors (Lipinski definition) is 3. The summed E-state index contributed by atoms with van der Waals surface area (Å²) in [6.45, 7) is 1.10. The number of hydrogen-bond acceptors (Lipinski definition) is 6. The minimum Gasteiger partial charge on any atom is -0.382 e. The SMILES string of the molecule is Nc1nccnc1C(=O)NCc1ccc(CCNC(=O)COCc2ccccc2Cl)cc1. The number of carbonyl (C=O) groups excluding carboxylic acids is 2. The van der Waals surface area contributed by atoms with E-state index in [1.54, 1.807) is 6.07 Å². The number of ether oxygens (including phenoxy) is 1. The number of anilines is 1. The Morgan fingerprint density at radius 2 is 1.69 bits per heavy atom. The summed E-state index contributed by atoms with van der Waals surface area (Å²) in [4.78, 5) is 31.9. The molecule has 1 heterocycles. The van der Waals surface area contributed by atoms with Crippen molar-refractivity contribution in [3.8, 4) is 0 Å². The van der Waals surface area contributed by atoms with Crippen molar-refractivity contribution in [1.82, 2.24) is 20.6 Å². The Labute approximate surface area is 191 Å². The lowest BCUT2D eigenvalue weighted by molar-refractivity contribution is -0.126. The summed E-state index contributed by atoms with van der Waals surface area (Å²) in [5.74, 6) is -0.463. The van der Waals surface area contributed by atoms with Crippen molar-refractivity contribution in [3.63, 3.8) is 0 Å². The Morgan fingerprint density at radius 1 is 0.969 bits per heavy atom. The summed E-state index contributed by atoms with van der Waals surface area (Å²) in [6, 6.07) is 15.1. The number of aromatic nitrogens is 2. The monoisotopic (exact) mass is 453 g/mol. The van der Waals surface area contributed by atoms with Crippen LogP contribution >= 0.6 is 11.6 Å². The molecule has 0 atom stereocenters. The fourth-order valence-corrected chi connectivity index (χ4v) is 3.07. The molecule has 0 unspecified atom stereocenters. The molecule has 0 fully saturated rings. The van der Waals surface area contributed by atoms with Gasteiger partial charge in [-0.05, 0) is 29.2 Å². The van der Waals surface area contributed by atoms with Gasteiger partial charge in [-0.3, -0.25) is 9.59 Å². The molecule has 32 heavy (non-hydrogen) atoms. The van der Waals surface area contributed by atoms with Gasteiger partial charge in [-0.1, -0.05) is 54.1 Å². The van der Waals surface area contributed by atoms with Crippen LogP contribution in [0.5, 0.6) is 0 Å². The number of nitrogens with two attached hydrogens (primary N) is 1. The summed E-state index contributed by atoms with van der Waals surface area (Å²) in [5.41, 5.74) is 8.61. The van der Waals surface area contributed by atoms with E-state index in [4.69, 9.17) is 22.1 Å². The van der Waals surface area contributed by atoms with Crippen molar-refractivity contribution in [2.75, 3.05) is 18.9 Å². The first kappa shape index (κ1) is 23.2. The molecule has 0 saturated carbocycles. The van der Waals surface area contributed by atoms with Crippen LogP contribution in [0.2, 0.25) is 5.02 Å². The van der Waals surface area contributed by atoms with Crippen LogP contribution in [0.15, 0.2) is 60.9 Å². The topological polar surface area (TPSA) is 119 Å². The number of rotatable bonds is 10. The standard InChI is InChI=1S/C23H24ClN5O3/c24-19-4-2-1-3-18(19)14-32-15-20(30)26-10-9-16-5-7-17(8-6-16)13-29-23(31)21-22(25)28-12-11-27-21/h1-8,11-12H,9-10,13-15H2,(H2,25,28)(H,26,30)(H,29,31). The van der Waals surface area contributed by atoms with Crippen molar-refractivity contribution in [2.24, 2.45) is 0 Å². The van der Waals surface area contributed by atoms with E-state index in [0.717, 1.165) is 16.7 Å². The number of nitrogens with zero attached hydrogens (tertiary/aromatic N) is 2. The van der Waals surface area contributed by atoms with Crippen LogP contribution in [-0.4, -0.2) is 34.9 Å². The second-order valence-corrected chi connectivity index (χ2v) is 7.38. The van der Waals surface area contributed by atoms with Gasteiger partial charge < -0.3 is 21.1 Å². The summed E-state index contributed by atoms with van der Waals surface area (Å²) < 4.78 is 5.42. The zero-order valence-electron chi connectivity index (χ0n) is 17.4. The Bertz CT molecular complexity index is 1060. The summed E-state index contributed by atoms with van der Waals surface area (Å²) in [6.07, 6.45) is 3.53. The van der Waals surface area contributed by atoms with Gasteiger partial charge in [-0.25, -0.2) is 9.97 Å². The molecule has 0 saturated heterocycles. The van der Waals surface area contributed by atoms with Crippen LogP contribution in [0.25, 0.3) is 0 Å². The van der Waals surface area contributed by atoms with Gasteiger partial charge in [-0.15, -0.1) is 0 Å². The van der Waals surface area contributed by atoms with E-state index in [1.807, 2.05) is 42.5 Å². The van der Waals surface area contributed by atoms with E-state index in [1.165, 1.54) is 12.4 Å². The largest absolute Gasteiger partial charge is 0.382 e. The molecule has 4 N–H and O–H groups in total. The molecular formula is C23H24ClN5O3. The van der Waals surface area contributed by atoms with Crippen LogP contribution in [0.1, 0.15) is 27.2 Å².